The molecular formula is C25H21Cl2N3O5. The molecule has 2 N–H and O–H groups in total. The number of hydrogen-bond acceptors (Lipinski definition) is 5. The Bertz CT molecular complexity index is 1460. The molecule has 0 aliphatic carbocycles. The van der Waals surface area contributed by atoms with Crippen LogP contribution in [0.5, 0.6) is 5.75 Å². The third-order valence-corrected chi connectivity index (χ3v) is 6.16. The normalized spacial score (nSPS) is 14.5. The van der Waals surface area contributed by atoms with E-state index < -0.39 is 21.9 Å². The molecule has 2 heterocycles. The first-order chi connectivity index (χ1) is 16.8. The highest BCUT2D eigenvalue weighted by molar-refractivity contribution is 6.54. The van der Waals surface area contributed by atoms with Gasteiger partial charge in [0.1, 0.15) is 21.6 Å². The number of aliphatic carboxylic acids is 1. The van der Waals surface area contributed by atoms with Crippen LogP contribution >= 0.6 is 23.2 Å². The molecule has 0 atom stereocenters. The van der Waals surface area contributed by atoms with Gasteiger partial charge in [-0.2, -0.15) is 0 Å². The Morgan fingerprint density at radius 3 is 2.74 bits per heavy atom. The number of carboxylic acid groups (broad SMARTS) is 1. The largest absolute Gasteiger partial charge is 0.494 e. The molecule has 35 heavy (non-hydrogen) atoms. The first-order valence-corrected chi connectivity index (χ1v) is 11.6. The second-order valence-electron chi connectivity index (χ2n) is 7.85. The van der Waals surface area contributed by atoms with Crippen molar-refractivity contribution in [3.63, 3.8) is 0 Å². The van der Waals surface area contributed by atoms with Crippen molar-refractivity contribution in [3.05, 3.63) is 74.3 Å². The van der Waals surface area contributed by atoms with E-state index in [-0.39, 0.29) is 11.2 Å². The Kier molecular flexibility index (Phi) is 7.23. The summed E-state index contributed by atoms with van der Waals surface area (Å²) >= 11 is 11.3. The standard InChI is InChI=1S/C25H21Cl2N3O5/c1-2-10-35-17-5-3-4-14(12-17)11-15-8-9-30-22(15)29-19-13-16(6-7-18(19)24(30)32)28-23(31)20(26)21(27)25(33)34/h3-7,11-13H,2,8-10H2,1H3,(H,28,31)(H,33,34)/b15-11-,21-20-. The van der Waals surface area contributed by atoms with Gasteiger partial charge in [0.25, 0.3) is 11.5 Å². The average Bonchev–Trinajstić information content (AvgIpc) is 3.24. The van der Waals surface area contributed by atoms with Gasteiger partial charge >= 0.3 is 5.97 Å². The van der Waals surface area contributed by atoms with Gasteiger partial charge in [-0.3, -0.25) is 14.2 Å². The van der Waals surface area contributed by atoms with Gasteiger partial charge < -0.3 is 15.2 Å². The molecule has 0 saturated heterocycles. The van der Waals surface area contributed by atoms with E-state index in [4.69, 9.17) is 33.0 Å². The van der Waals surface area contributed by atoms with Crippen molar-refractivity contribution in [3.8, 4) is 5.75 Å². The lowest BCUT2D eigenvalue weighted by molar-refractivity contribution is -0.132. The van der Waals surface area contributed by atoms with Gasteiger partial charge in [-0.1, -0.05) is 42.3 Å². The molecule has 0 saturated carbocycles. The predicted molar refractivity (Wildman–Crippen MR) is 136 cm³/mol. The molecule has 4 rings (SSSR count). The van der Waals surface area contributed by atoms with E-state index >= 15 is 0 Å². The van der Waals surface area contributed by atoms with Crippen molar-refractivity contribution in [1.82, 2.24) is 9.55 Å². The van der Waals surface area contributed by atoms with E-state index in [0.717, 1.165) is 23.3 Å². The van der Waals surface area contributed by atoms with Gasteiger partial charge in [0, 0.05) is 12.2 Å². The first-order valence-electron chi connectivity index (χ1n) is 10.9. The van der Waals surface area contributed by atoms with E-state index in [1.807, 2.05) is 37.3 Å². The van der Waals surface area contributed by atoms with E-state index in [1.165, 1.54) is 12.1 Å². The topological polar surface area (TPSA) is 111 Å². The highest BCUT2D eigenvalue weighted by atomic mass is 35.5. The summed E-state index contributed by atoms with van der Waals surface area (Å²) in [7, 11) is 0. The summed E-state index contributed by atoms with van der Waals surface area (Å²) in [4.78, 5) is 40.9. The van der Waals surface area contributed by atoms with Crippen LogP contribution in [0.2, 0.25) is 0 Å². The molecule has 0 unspecified atom stereocenters. The molecule has 1 amide bonds. The van der Waals surface area contributed by atoms with Gasteiger partial charge in [-0.25, -0.2) is 9.78 Å². The molecule has 1 aliphatic rings. The van der Waals surface area contributed by atoms with Crippen LogP contribution in [0.15, 0.2) is 57.3 Å². The number of carboxylic acids is 1. The summed E-state index contributed by atoms with van der Waals surface area (Å²) in [6.07, 6.45) is 3.55. The molecule has 0 bridgehead atoms. The number of anilines is 1. The van der Waals surface area contributed by atoms with Crippen LogP contribution in [0.3, 0.4) is 0 Å². The fraction of sp³-hybridized carbons (Fsp3) is 0.200. The fourth-order valence-electron chi connectivity index (χ4n) is 3.73. The maximum absolute atomic E-state index is 13.1. The molecule has 0 spiro atoms. The third kappa shape index (κ3) is 5.23. The minimum atomic E-state index is -1.52. The van der Waals surface area contributed by atoms with Crippen LogP contribution < -0.4 is 15.6 Å². The first kappa shape index (κ1) is 24.5. The number of ether oxygens (including phenoxy) is 1. The van der Waals surface area contributed by atoms with Crippen LogP contribution in [0.4, 0.5) is 5.69 Å². The van der Waals surface area contributed by atoms with Crippen molar-refractivity contribution in [2.24, 2.45) is 0 Å². The summed E-state index contributed by atoms with van der Waals surface area (Å²) < 4.78 is 7.34. The van der Waals surface area contributed by atoms with E-state index in [2.05, 4.69) is 10.3 Å². The Balaban J connectivity index is 1.68. The number of carbonyl (C=O) groups excluding carboxylic acids is 1. The molecule has 3 aromatic rings. The highest BCUT2D eigenvalue weighted by Crippen LogP contribution is 2.29. The summed E-state index contributed by atoms with van der Waals surface area (Å²) in [6.45, 7) is 3.19. The monoisotopic (exact) mass is 513 g/mol. The molecule has 1 aliphatic heterocycles. The minimum absolute atomic E-state index is 0.182. The SMILES string of the molecule is CCCOc1cccc(/C=C2/CCn3c2nc2cc(NC(=O)/C(Cl)=C(/Cl)C(=O)O)ccc2c3=O)c1. The number of halogens is 2. The number of fused-ring (bicyclic) bond motifs is 2. The van der Waals surface area contributed by atoms with Crippen molar-refractivity contribution in [2.45, 2.75) is 26.3 Å². The quantitative estimate of drug-likeness (QED) is 0.437. The zero-order chi connectivity index (χ0) is 25.1. The molecule has 10 heteroatoms. The molecule has 180 valence electrons. The third-order valence-electron chi connectivity index (χ3n) is 5.36. The lowest BCUT2D eigenvalue weighted by atomic mass is 10.1. The van der Waals surface area contributed by atoms with E-state index in [1.54, 1.807) is 10.6 Å². The number of benzene rings is 2. The van der Waals surface area contributed by atoms with Gasteiger partial charge in [-0.05, 0) is 60.4 Å². The summed E-state index contributed by atoms with van der Waals surface area (Å²) in [6, 6.07) is 12.3. The van der Waals surface area contributed by atoms with Gasteiger partial charge in [0.05, 0.1) is 17.5 Å². The van der Waals surface area contributed by atoms with Gasteiger partial charge in [0.2, 0.25) is 0 Å². The number of rotatable bonds is 7. The number of nitrogens with zero attached hydrogens (tertiary/aromatic N) is 2. The minimum Gasteiger partial charge on any atom is -0.494 e. The van der Waals surface area contributed by atoms with Crippen LogP contribution in [0.25, 0.3) is 22.6 Å². The van der Waals surface area contributed by atoms with Crippen molar-refractivity contribution in [2.75, 3.05) is 11.9 Å². The number of nitrogens with one attached hydrogen (secondary N) is 1. The number of hydrogen-bond donors (Lipinski definition) is 2. The maximum atomic E-state index is 13.1. The van der Waals surface area contributed by atoms with Crippen molar-refractivity contribution >= 4 is 63.3 Å². The van der Waals surface area contributed by atoms with E-state index in [0.29, 0.717) is 36.3 Å². The van der Waals surface area contributed by atoms with Crippen molar-refractivity contribution in [1.29, 1.82) is 0 Å². The number of amides is 1. The molecule has 0 radical (unpaired) electrons. The maximum Gasteiger partial charge on any atom is 0.349 e. The highest BCUT2D eigenvalue weighted by Gasteiger charge is 2.22. The Hall–Kier alpha value is -3.62. The Morgan fingerprint density at radius 1 is 1.20 bits per heavy atom. The number of aromatic nitrogens is 2. The van der Waals surface area contributed by atoms with Crippen LogP contribution in [0, 0.1) is 0 Å². The second-order valence-corrected chi connectivity index (χ2v) is 8.61. The lowest BCUT2D eigenvalue weighted by Gasteiger charge is -2.09. The average molecular weight is 514 g/mol. The molecule has 0 fully saturated rings. The molecule has 1 aromatic heterocycles. The second kappa shape index (κ2) is 10.3. The zero-order valence-electron chi connectivity index (χ0n) is 18.7. The van der Waals surface area contributed by atoms with Crippen molar-refractivity contribution < 1.29 is 19.4 Å². The zero-order valence-corrected chi connectivity index (χ0v) is 20.2. The summed E-state index contributed by atoms with van der Waals surface area (Å²) in [5.74, 6) is -1.07. The molecular weight excluding hydrogens is 493 g/mol. The lowest BCUT2D eigenvalue weighted by Crippen LogP contribution is -2.21. The number of allylic oxidation sites excluding steroid dienone is 1. The Morgan fingerprint density at radius 2 is 2.00 bits per heavy atom. The van der Waals surface area contributed by atoms with Crippen LogP contribution in [-0.4, -0.2) is 33.1 Å². The fourth-order valence-corrected chi connectivity index (χ4v) is 3.94. The molecule has 2 aromatic carbocycles. The number of carbonyl (C=O) groups is 2. The van der Waals surface area contributed by atoms with Gasteiger partial charge in [-0.15, -0.1) is 0 Å². The molecule has 8 nitrogen and oxygen atoms in total. The predicted octanol–water partition coefficient (Wildman–Crippen LogP) is 4.84. The van der Waals surface area contributed by atoms with Crippen LogP contribution in [0.1, 0.15) is 31.2 Å². The van der Waals surface area contributed by atoms with E-state index in [9.17, 15) is 14.4 Å². The Labute approximate surface area is 210 Å². The van der Waals surface area contributed by atoms with Crippen LogP contribution in [-0.2, 0) is 16.1 Å². The smallest absolute Gasteiger partial charge is 0.349 e. The van der Waals surface area contributed by atoms with Gasteiger partial charge in [0.15, 0.2) is 0 Å². The summed E-state index contributed by atoms with van der Waals surface area (Å²) in [5.41, 5.74) is 2.34. The summed E-state index contributed by atoms with van der Waals surface area (Å²) in [5, 5.41) is 10.3.